The van der Waals surface area contributed by atoms with Gasteiger partial charge in [-0.15, -0.1) is 11.3 Å². The zero-order valence-electron chi connectivity index (χ0n) is 16.4. The molecule has 1 amide bonds. The third kappa shape index (κ3) is 4.48. The number of rotatable bonds is 4. The number of amides is 1. The molecule has 0 unspecified atom stereocenters. The van der Waals surface area contributed by atoms with Crippen molar-refractivity contribution in [3.8, 4) is 16.3 Å². The summed E-state index contributed by atoms with van der Waals surface area (Å²) >= 11 is 6.93. The molecule has 30 heavy (non-hydrogen) atoms. The molecule has 0 aliphatic rings. The molecule has 1 aromatic heterocycles. The minimum atomic E-state index is -0.281. The molecule has 0 aliphatic carbocycles. The Morgan fingerprint density at radius 1 is 1.03 bits per heavy atom. The number of ether oxygens (including phenoxy) is 1. The number of carbonyl (C=O) groups is 1. The first-order valence-corrected chi connectivity index (χ1v) is 10.5. The van der Waals surface area contributed by atoms with Crippen LogP contribution in [-0.4, -0.2) is 23.1 Å². The highest BCUT2D eigenvalue weighted by Crippen LogP contribution is 2.31. The molecule has 0 fully saturated rings. The lowest BCUT2D eigenvalue weighted by molar-refractivity contribution is 0.0977. The van der Waals surface area contributed by atoms with E-state index in [1.54, 1.807) is 42.7 Å². The maximum atomic E-state index is 12.3. The molecule has 0 radical (unpaired) electrons. The lowest BCUT2D eigenvalue weighted by Crippen LogP contribution is -2.34. The van der Waals surface area contributed by atoms with Crippen molar-refractivity contribution >= 4 is 50.5 Å². The second-order valence-corrected chi connectivity index (χ2v) is 8.14. The van der Waals surface area contributed by atoms with Crippen LogP contribution in [0, 0.1) is 6.92 Å². The zero-order chi connectivity index (χ0) is 21.1. The summed E-state index contributed by atoms with van der Waals surface area (Å²) in [5, 5.41) is 6.92. The molecule has 7 heteroatoms. The molecule has 4 rings (SSSR count). The van der Waals surface area contributed by atoms with Crippen LogP contribution in [-0.2, 0) is 0 Å². The lowest BCUT2D eigenvalue weighted by atomic mass is 10.2. The van der Waals surface area contributed by atoms with Gasteiger partial charge in [0, 0.05) is 16.8 Å². The topological polar surface area (TPSA) is 63.2 Å². The summed E-state index contributed by atoms with van der Waals surface area (Å²) in [5.41, 5.74) is 4.55. The van der Waals surface area contributed by atoms with Crippen molar-refractivity contribution in [2.75, 3.05) is 12.4 Å². The van der Waals surface area contributed by atoms with Crippen molar-refractivity contribution in [2.45, 2.75) is 6.92 Å². The first-order chi connectivity index (χ1) is 14.5. The van der Waals surface area contributed by atoms with E-state index >= 15 is 0 Å². The van der Waals surface area contributed by atoms with Crippen molar-refractivity contribution in [1.82, 2.24) is 10.3 Å². The normalized spacial score (nSPS) is 10.6. The van der Waals surface area contributed by atoms with Gasteiger partial charge in [-0.05, 0) is 85.4 Å². The summed E-state index contributed by atoms with van der Waals surface area (Å²) in [4.78, 5) is 17.0. The summed E-state index contributed by atoms with van der Waals surface area (Å²) in [7, 11) is 1.58. The minimum Gasteiger partial charge on any atom is -0.497 e. The van der Waals surface area contributed by atoms with E-state index in [0.29, 0.717) is 11.3 Å². The minimum absolute atomic E-state index is 0.235. The summed E-state index contributed by atoms with van der Waals surface area (Å²) in [6, 6.07) is 20.9. The monoisotopic (exact) mass is 433 g/mol. The summed E-state index contributed by atoms with van der Waals surface area (Å²) < 4.78 is 6.27. The molecule has 0 saturated heterocycles. The van der Waals surface area contributed by atoms with E-state index in [1.165, 1.54) is 10.3 Å². The number of aromatic nitrogens is 1. The molecule has 4 aromatic rings. The highest BCUT2D eigenvalue weighted by Gasteiger charge is 2.09. The van der Waals surface area contributed by atoms with Gasteiger partial charge in [-0.2, -0.15) is 0 Å². The smallest absolute Gasteiger partial charge is 0.257 e. The van der Waals surface area contributed by atoms with Gasteiger partial charge in [-0.25, -0.2) is 4.98 Å². The van der Waals surface area contributed by atoms with Gasteiger partial charge >= 0.3 is 0 Å². The Morgan fingerprint density at radius 3 is 2.47 bits per heavy atom. The Kier molecular flexibility index (Phi) is 5.74. The first-order valence-electron chi connectivity index (χ1n) is 9.26. The van der Waals surface area contributed by atoms with E-state index in [2.05, 4.69) is 29.7 Å². The van der Waals surface area contributed by atoms with Crippen LogP contribution in [0.4, 0.5) is 5.69 Å². The molecule has 3 aromatic carbocycles. The third-order valence-electron chi connectivity index (χ3n) is 4.51. The number of benzene rings is 3. The first kappa shape index (κ1) is 20.0. The largest absolute Gasteiger partial charge is 0.497 e. The van der Waals surface area contributed by atoms with E-state index in [0.717, 1.165) is 21.8 Å². The Morgan fingerprint density at radius 2 is 1.77 bits per heavy atom. The van der Waals surface area contributed by atoms with E-state index in [-0.39, 0.29) is 11.0 Å². The van der Waals surface area contributed by atoms with E-state index in [1.807, 2.05) is 30.3 Å². The number of carbonyl (C=O) groups excluding carboxylic acids is 1. The van der Waals surface area contributed by atoms with Gasteiger partial charge in [-0.3, -0.25) is 10.1 Å². The number of thiocarbonyl (C=S) groups is 1. The van der Waals surface area contributed by atoms with Crippen LogP contribution in [0.3, 0.4) is 0 Å². The molecule has 5 nitrogen and oxygen atoms in total. The van der Waals surface area contributed by atoms with Gasteiger partial charge in [0.25, 0.3) is 5.91 Å². The van der Waals surface area contributed by atoms with Crippen molar-refractivity contribution in [1.29, 1.82) is 0 Å². The Bertz CT molecular complexity index is 1220. The number of methoxy groups -OCH3 is 1. The molecule has 0 aliphatic heterocycles. The number of thiazole rings is 1. The molecular weight excluding hydrogens is 414 g/mol. The van der Waals surface area contributed by atoms with Crippen molar-refractivity contribution in [3.63, 3.8) is 0 Å². The molecule has 2 N–H and O–H groups in total. The van der Waals surface area contributed by atoms with Crippen LogP contribution >= 0.6 is 23.6 Å². The molecule has 0 bridgehead atoms. The zero-order valence-corrected chi connectivity index (χ0v) is 18.1. The number of fused-ring (bicyclic) bond motifs is 1. The number of nitrogens with one attached hydrogen (secondary N) is 2. The van der Waals surface area contributed by atoms with E-state index in [9.17, 15) is 4.79 Å². The highest BCUT2D eigenvalue weighted by atomic mass is 32.1. The summed E-state index contributed by atoms with van der Waals surface area (Å²) in [5.74, 6) is 0.409. The second kappa shape index (κ2) is 8.61. The van der Waals surface area contributed by atoms with E-state index < -0.39 is 0 Å². The van der Waals surface area contributed by atoms with Gasteiger partial charge in [0.1, 0.15) is 10.8 Å². The van der Waals surface area contributed by atoms with Gasteiger partial charge in [0.2, 0.25) is 0 Å². The maximum absolute atomic E-state index is 12.3. The molecule has 0 atom stereocenters. The number of aryl methyl sites for hydroxylation is 1. The Labute approximate surface area is 183 Å². The predicted octanol–water partition coefficient (Wildman–Crippen LogP) is 5.41. The van der Waals surface area contributed by atoms with Crippen molar-refractivity contribution in [3.05, 3.63) is 77.9 Å². The molecular formula is C23H19N3O2S2. The van der Waals surface area contributed by atoms with Gasteiger partial charge in [-0.1, -0.05) is 6.07 Å². The number of hydrogen-bond donors (Lipinski definition) is 2. The SMILES string of the molecule is COc1ccc(C(=O)NC(=S)Nc2ccc(-c3nc4ccc(C)cc4s3)cc2)cc1. The third-order valence-corrected chi connectivity index (χ3v) is 5.78. The number of hydrogen-bond acceptors (Lipinski definition) is 5. The van der Waals surface area contributed by atoms with Crippen molar-refractivity contribution < 1.29 is 9.53 Å². The fourth-order valence-corrected chi connectivity index (χ4v) is 4.21. The maximum Gasteiger partial charge on any atom is 0.257 e. The average Bonchev–Trinajstić information content (AvgIpc) is 3.17. The van der Waals surface area contributed by atoms with Crippen LogP contribution < -0.4 is 15.4 Å². The fourth-order valence-electron chi connectivity index (χ4n) is 2.93. The van der Waals surface area contributed by atoms with Crippen LogP contribution in [0.25, 0.3) is 20.8 Å². The summed E-state index contributed by atoms with van der Waals surface area (Å²) in [6.07, 6.45) is 0. The average molecular weight is 434 g/mol. The molecule has 1 heterocycles. The number of nitrogens with zero attached hydrogens (tertiary/aromatic N) is 1. The second-order valence-electron chi connectivity index (χ2n) is 6.70. The van der Waals surface area contributed by atoms with Gasteiger partial charge in [0.15, 0.2) is 5.11 Å². The molecule has 150 valence electrons. The number of anilines is 1. The standard InChI is InChI=1S/C23H19N3O2S2/c1-14-3-12-19-20(13-14)30-22(25-19)16-4-8-17(9-5-16)24-23(29)26-21(27)15-6-10-18(28-2)11-7-15/h3-13H,1-2H3,(H2,24,26,27,29). The van der Waals surface area contributed by atoms with Crippen LogP contribution in [0.5, 0.6) is 5.75 Å². The van der Waals surface area contributed by atoms with Gasteiger partial charge < -0.3 is 10.1 Å². The lowest BCUT2D eigenvalue weighted by Gasteiger charge is -2.10. The van der Waals surface area contributed by atoms with Gasteiger partial charge in [0.05, 0.1) is 17.3 Å². The fraction of sp³-hybridized carbons (Fsp3) is 0.0870. The van der Waals surface area contributed by atoms with Crippen molar-refractivity contribution in [2.24, 2.45) is 0 Å². The Balaban J connectivity index is 1.40. The molecule has 0 saturated carbocycles. The Hall–Kier alpha value is -3.29. The molecule has 0 spiro atoms. The van der Waals surface area contributed by atoms with Crippen LogP contribution in [0.2, 0.25) is 0 Å². The quantitative estimate of drug-likeness (QED) is 0.422. The van der Waals surface area contributed by atoms with Crippen LogP contribution in [0.1, 0.15) is 15.9 Å². The highest BCUT2D eigenvalue weighted by molar-refractivity contribution is 7.80. The van der Waals surface area contributed by atoms with E-state index in [4.69, 9.17) is 21.9 Å². The van der Waals surface area contributed by atoms with Crippen LogP contribution in [0.15, 0.2) is 66.7 Å². The predicted molar refractivity (Wildman–Crippen MR) is 126 cm³/mol. The summed E-state index contributed by atoms with van der Waals surface area (Å²) in [6.45, 7) is 2.08.